The van der Waals surface area contributed by atoms with Gasteiger partial charge in [0.25, 0.3) is 5.91 Å². The van der Waals surface area contributed by atoms with Gasteiger partial charge in [-0.3, -0.25) is 9.59 Å². The van der Waals surface area contributed by atoms with Crippen LogP contribution in [-0.4, -0.2) is 47.5 Å². The summed E-state index contributed by atoms with van der Waals surface area (Å²) < 4.78 is 5.50. The lowest BCUT2D eigenvalue weighted by molar-refractivity contribution is -0.143. The number of aromatic nitrogens is 1. The Morgan fingerprint density at radius 3 is 2.71 bits per heavy atom. The van der Waals surface area contributed by atoms with Crippen LogP contribution in [0.3, 0.4) is 0 Å². The second-order valence-electron chi connectivity index (χ2n) is 8.07. The van der Waals surface area contributed by atoms with Gasteiger partial charge in [-0.1, -0.05) is 6.07 Å². The van der Waals surface area contributed by atoms with Crippen molar-refractivity contribution >= 4 is 22.7 Å². The van der Waals surface area contributed by atoms with Crippen molar-refractivity contribution in [3.8, 4) is 0 Å². The van der Waals surface area contributed by atoms with E-state index in [4.69, 9.17) is 4.74 Å². The van der Waals surface area contributed by atoms with Crippen LogP contribution in [0.5, 0.6) is 0 Å². The van der Waals surface area contributed by atoms with Gasteiger partial charge in [0, 0.05) is 48.8 Å². The first-order chi connectivity index (χ1) is 13.5. The lowest BCUT2D eigenvalue weighted by Crippen LogP contribution is -2.46. The molecule has 2 saturated heterocycles. The Kier molecular flexibility index (Phi) is 5.40. The molecule has 2 aliphatic rings. The summed E-state index contributed by atoms with van der Waals surface area (Å²) >= 11 is 0. The number of aromatic amines is 1. The van der Waals surface area contributed by atoms with Crippen molar-refractivity contribution in [2.24, 2.45) is 5.92 Å². The molecule has 1 aromatic heterocycles. The zero-order valence-electron chi connectivity index (χ0n) is 16.7. The summed E-state index contributed by atoms with van der Waals surface area (Å²) in [4.78, 5) is 30.3. The molecule has 1 aromatic carbocycles. The van der Waals surface area contributed by atoms with Crippen LogP contribution < -0.4 is 5.32 Å². The molecule has 1 unspecified atom stereocenters. The van der Waals surface area contributed by atoms with E-state index in [1.807, 2.05) is 4.90 Å². The van der Waals surface area contributed by atoms with Gasteiger partial charge in [-0.25, -0.2) is 0 Å². The molecule has 150 valence electrons. The third-order valence-corrected chi connectivity index (χ3v) is 6.22. The summed E-state index contributed by atoms with van der Waals surface area (Å²) in [5, 5.41) is 4.29. The lowest BCUT2D eigenvalue weighted by Gasteiger charge is -2.32. The van der Waals surface area contributed by atoms with Crippen molar-refractivity contribution in [1.29, 1.82) is 0 Å². The first-order valence-electron chi connectivity index (χ1n) is 10.3. The van der Waals surface area contributed by atoms with Crippen molar-refractivity contribution in [1.82, 2.24) is 15.2 Å². The van der Waals surface area contributed by atoms with Gasteiger partial charge in [0.1, 0.15) is 6.10 Å². The quantitative estimate of drug-likeness (QED) is 0.853. The van der Waals surface area contributed by atoms with Crippen molar-refractivity contribution in [2.75, 3.05) is 19.7 Å². The molecule has 0 saturated carbocycles. The van der Waals surface area contributed by atoms with E-state index in [2.05, 4.69) is 42.3 Å². The number of benzene rings is 1. The number of likely N-dealkylation sites (tertiary alicyclic amines) is 1. The van der Waals surface area contributed by atoms with Crippen LogP contribution in [0.15, 0.2) is 18.2 Å². The second-order valence-corrected chi connectivity index (χ2v) is 8.07. The SMILES string of the molecule is Cc1[nH]c2ccc(CNC(=O)C3CCN(C(=O)C4CCCO4)CC3)cc2c1C. The average molecular weight is 383 g/mol. The van der Waals surface area contributed by atoms with Crippen molar-refractivity contribution in [2.45, 2.75) is 52.2 Å². The first kappa shape index (κ1) is 19.0. The third kappa shape index (κ3) is 3.78. The van der Waals surface area contributed by atoms with Crippen LogP contribution in [0, 0.1) is 19.8 Å². The summed E-state index contributed by atoms with van der Waals surface area (Å²) in [5.41, 5.74) is 4.68. The molecule has 2 N–H and O–H groups in total. The van der Waals surface area contributed by atoms with Crippen LogP contribution in [0.1, 0.15) is 42.5 Å². The molecule has 0 bridgehead atoms. The van der Waals surface area contributed by atoms with Crippen molar-refractivity contribution in [3.05, 3.63) is 35.0 Å². The summed E-state index contributed by atoms with van der Waals surface area (Å²) in [5.74, 6) is 0.168. The smallest absolute Gasteiger partial charge is 0.251 e. The van der Waals surface area contributed by atoms with E-state index in [0.29, 0.717) is 26.2 Å². The number of hydrogen-bond donors (Lipinski definition) is 2. The van der Waals surface area contributed by atoms with Crippen LogP contribution in [0.4, 0.5) is 0 Å². The maximum absolute atomic E-state index is 12.6. The molecule has 2 aromatic rings. The van der Waals surface area contributed by atoms with Gasteiger partial charge in [-0.2, -0.15) is 0 Å². The highest BCUT2D eigenvalue weighted by Gasteiger charge is 2.32. The fraction of sp³-hybridized carbons (Fsp3) is 0.545. The fourth-order valence-electron chi connectivity index (χ4n) is 4.29. The molecule has 6 nitrogen and oxygen atoms in total. The molecule has 0 aliphatic carbocycles. The Labute approximate surface area is 165 Å². The Bertz CT molecular complexity index is 875. The molecule has 0 radical (unpaired) electrons. The second kappa shape index (κ2) is 7.95. The minimum absolute atomic E-state index is 0.0199. The number of hydrogen-bond acceptors (Lipinski definition) is 3. The summed E-state index contributed by atoms with van der Waals surface area (Å²) in [6.07, 6.45) is 2.96. The number of fused-ring (bicyclic) bond motifs is 1. The molecule has 28 heavy (non-hydrogen) atoms. The van der Waals surface area contributed by atoms with E-state index >= 15 is 0 Å². The van der Waals surface area contributed by atoms with Gasteiger partial charge in [0.15, 0.2) is 0 Å². The number of piperidine rings is 1. The minimum Gasteiger partial charge on any atom is -0.368 e. The fourth-order valence-corrected chi connectivity index (χ4v) is 4.29. The Hall–Kier alpha value is -2.34. The van der Waals surface area contributed by atoms with Crippen LogP contribution in [0.2, 0.25) is 0 Å². The molecule has 0 spiro atoms. The summed E-state index contributed by atoms with van der Waals surface area (Å²) in [6, 6.07) is 6.28. The number of rotatable bonds is 4. The summed E-state index contributed by atoms with van der Waals surface area (Å²) in [7, 11) is 0. The maximum atomic E-state index is 12.6. The summed E-state index contributed by atoms with van der Waals surface area (Å²) in [6.45, 7) is 6.69. The standard InChI is InChI=1S/C22H29N3O3/c1-14-15(2)24-19-6-5-16(12-18(14)19)13-23-21(26)17-7-9-25(10-8-17)22(27)20-4-3-11-28-20/h5-6,12,17,20,24H,3-4,7-11,13H2,1-2H3,(H,23,26). The van der Waals surface area contributed by atoms with Crippen molar-refractivity contribution < 1.29 is 14.3 Å². The Balaban J connectivity index is 1.29. The molecule has 4 rings (SSSR count). The number of aryl methyl sites for hydroxylation is 2. The highest BCUT2D eigenvalue weighted by Crippen LogP contribution is 2.23. The molecule has 2 fully saturated rings. The Morgan fingerprint density at radius 2 is 2.00 bits per heavy atom. The molecule has 6 heteroatoms. The highest BCUT2D eigenvalue weighted by atomic mass is 16.5. The van der Waals surface area contributed by atoms with Gasteiger partial charge >= 0.3 is 0 Å². The predicted molar refractivity (Wildman–Crippen MR) is 108 cm³/mol. The number of carbonyl (C=O) groups excluding carboxylic acids is 2. The van der Waals surface area contributed by atoms with E-state index in [9.17, 15) is 9.59 Å². The zero-order chi connectivity index (χ0) is 19.7. The molecule has 2 amide bonds. The van der Waals surface area contributed by atoms with Crippen LogP contribution in [0.25, 0.3) is 10.9 Å². The zero-order valence-corrected chi connectivity index (χ0v) is 16.7. The van der Waals surface area contributed by atoms with Crippen molar-refractivity contribution in [3.63, 3.8) is 0 Å². The number of H-pyrrole nitrogens is 1. The number of carbonyl (C=O) groups is 2. The van der Waals surface area contributed by atoms with E-state index in [0.717, 1.165) is 36.8 Å². The molecular formula is C22H29N3O3. The van der Waals surface area contributed by atoms with E-state index in [1.54, 1.807) is 0 Å². The normalized spacial score (nSPS) is 20.6. The average Bonchev–Trinajstić information content (AvgIpc) is 3.35. The third-order valence-electron chi connectivity index (χ3n) is 6.22. The van der Waals surface area contributed by atoms with Gasteiger partial charge in [-0.15, -0.1) is 0 Å². The van der Waals surface area contributed by atoms with Gasteiger partial charge < -0.3 is 19.9 Å². The highest BCUT2D eigenvalue weighted by molar-refractivity contribution is 5.85. The number of ether oxygens (including phenoxy) is 1. The largest absolute Gasteiger partial charge is 0.368 e. The number of amides is 2. The van der Waals surface area contributed by atoms with Gasteiger partial charge in [0.05, 0.1) is 0 Å². The molecule has 2 aliphatic heterocycles. The predicted octanol–water partition coefficient (Wildman–Crippen LogP) is 2.82. The first-order valence-corrected chi connectivity index (χ1v) is 10.3. The van der Waals surface area contributed by atoms with Crippen LogP contribution >= 0.6 is 0 Å². The van der Waals surface area contributed by atoms with E-state index < -0.39 is 0 Å². The van der Waals surface area contributed by atoms with E-state index in [-0.39, 0.29) is 23.8 Å². The van der Waals surface area contributed by atoms with Crippen LogP contribution in [-0.2, 0) is 20.9 Å². The lowest BCUT2D eigenvalue weighted by atomic mass is 9.95. The monoisotopic (exact) mass is 383 g/mol. The topological polar surface area (TPSA) is 74.4 Å². The molecule has 3 heterocycles. The number of nitrogens with zero attached hydrogens (tertiary/aromatic N) is 1. The number of nitrogens with one attached hydrogen (secondary N) is 2. The van der Waals surface area contributed by atoms with Gasteiger partial charge in [0.2, 0.25) is 5.91 Å². The van der Waals surface area contributed by atoms with E-state index in [1.165, 1.54) is 16.6 Å². The Morgan fingerprint density at radius 1 is 1.21 bits per heavy atom. The maximum Gasteiger partial charge on any atom is 0.251 e. The molecule has 1 atom stereocenters. The molecular weight excluding hydrogens is 354 g/mol. The van der Waals surface area contributed by atoms with Gasteiger partial charge in [-0.05, 0) is 62.8 Å². The minimum atomic E-state index is -0.263.